The summed E-state index contributed by atoms with van der Waals surface area (Å²) in [5.41, 5.74) is 3.12. The third-order valence-electron chi connectivity index (χ3n) is 4.44. The Kier molecular flexibility index (Phi) is 5.98. The molecular formula is C24H22OS. The van der Waals surface area contributed by atoms with Crippen LogP contribution in [0, 0.1) is 0 Å². The van der Waals surface area contributed by atoms with Crippen molar-refractivity contribution in [3.05, 3.63) is 120 Å². The molecule has 2 heteroatoms. The average molecular weight is 359 g/mol. The topological polar surface area (TPSA) is 9.23 Å². The third kappa shape index (κ3) is 3.76. The number of ether oxygens (including phenoxy) is 1. The molecular weight excluding hydrogens is 336 g/mol. The van der Waals surface area contributed by atoms with E-state index in [1.54, 1.807) is 0 Å². The van der Waals surface area contributed by atoms with Gasteiger partial charge in [-0.1, -0.05) is 97.1 Å². The first-order valence-electron chi connectivity index (χ1n) is 8.80. The van der Waals surface area contributed by atoms with Crippen molar-refractivity contribution in [3.8, 4) is 0 Å². The van der Waals surface area contributed by atoms with Crippen molar-refractivity contribution in [3.63, 3.8) is 0 Å². The lowest BCUT2D eigenvalue weighted by Crippen LogP contribution is -2.27. The summed E-state index contributed by atoms with van der Waals surface area (Å²) in [6.07, 6.45) is 4.07. The van der Waals surface area contributed by atoms with Gasteiger partial charge in [0, 0.05) is 0 Å². The maximum Gasteiger partial charge on any atom is 0.183 e. The Hall–Kier alpha value is -2.71. The maximum absolute atomic E-state index is 5.49. The molecule has 0 spiro atoms. The first-order valence-corrected chi connectivity index (χ1v) is 9.21. The van der Waals surface area contributed by atoms with E-state index >= 15 is 0 Å². The Morgan fingerprint density at radius 1 is 0.769 bits per heavy atom. The highest BCUT2D eigenvalue weighted by Crippen LogP contribution is 2.40. The van der Waals surface area contributed by atoms with Gasteiger partial charge in [0.05, 0.1) is 12.0 Å². The predicted molar refractivity (Wildman–Crippen MR) is 113 cm³/mol. The largest absolute Gasteiger partial charge is 0.484 e. The Balaban J connectivity index is 2.26. The molecule has 0 unspecified atom stereocenters. The van der Waals surface area contributed by atoms with E-state index in [0.717, 1.165) is 0 Å². The van der Waals surface area contributed by atoms with Crippen molar-refractivity contribution in [2.75, 3.05) is 6.61 Å². The highest BCUT2D eigenvalue weighted by Gasteiger charge is 2.33. The predicted octanol–water partition coefficient (Wildman–Crippen LogP) is 5.94. The van der Waals surface area contributed by atoms with Crippen molar-refractivity contribution in [2.24, 2.45) is 0 Å². The van der Waals surface area contributed by atoms with Crippen LogP contribution in [0.3, 0.4) is 0 Å². The standard InChI is InChI=1S/C24H22OS/c1-2-25-23(26)18-19-24(20-12-6-3-7-13-20,21-14-8-4-9-15-21)22-16-10-5-11-17-22/h3-19H,2H2,1H3. The Labute approximate surface area is 161 Å². The summed E-state index contributed by atoms with van der Waals surface area (Å²) in [5, 5.41) is 0.500. The molecule has 0 N–H and O–H groups in total. The van der Waals surface area contributed by atoms with Crippen LogP contribution in [0.15, 0.2) is 103 Å². The van der Waals surface area contributed by atoms with E-state index in [4.69, 9.17) is 17.0 Å². The highest BCUT2D eigenvalue weighted by atomic mass is 32.1. The second-order valence-corrected chi connectivity index (χ2v) is 6.39. The van der Waals surface area contributed by atoms with Crippen molar-refractivity contribution in [1.29, 1.82) is 0 Å². The minimum atomic E-state index is -0.440. The molecule has 0 bridgehead atoms. The molecule has 0 aromatic heterocycles. The zero-order valence-corrected chi connectivity index (χ0v) is 15.7. The summed E-state index contributed by atoms with van der Waals surface area (Å²) in [7, 11) is 0. The summed E-state index contributed by atoms with van der Waals surface area (Å²) in [4.78, 5) is 0. The van der Waals surface area contributed by atoms with E-state index in [0.29, 0.717) is 11.7 Å². The van der Waals surface area contributed by atoms with E-state index in [2.05, 4.69) is 78.9 Å². The molecule has 0 saturated carbocycles. The molecule has 26 heavy (non-hydrogen) atoms. The van der Waals surface area contributed by atoms with Crippen molar-refractivity contribution >= 4 is 17.3 Å². The fourth-order valence-electron chi connectivity index (χ4n) is 3.28. The van der Waals surface area contributed by atoms with Crippen LogP contribution in [-0.2, 0) is 10.2 Å². The van der Waals surface area contributed by atoms with E-state index in [1.165, 1.54) is 16.7 Å². The molecule has 0 saturated heterocycles. The van der Waals surface area contributed by atoms with Crippen molar-refractivity contribution in [2.45, 2.75) is 12.3 Å². The molecule has 0 aliphatic rings. The summed E-state index contributed by atoms with van der Waals surface area (Å²) < 4.78 is 5.49. The lowest BCUT2D eigenvalue weighted by atomic mass is 9.69. The van der Waals surface area contributed by atoms with Gasteiger partial charge in [0.15, 0.2) is 5.05 Å². The van der Waals surface area contributed by atoms with Crippen LogP contribution in [0.5, 0.6) is 0 Å². The Morgan fingerprint density at radius 3 is 1.50 bits per heavy atom. The monoisotopic (exact) mass is 358 g/mol. The number of benzene rings is 3. The summed E-state index contributed by atoms with van der Waals surface area (Å²) in [6.45, 7) is 2.51. The van der Waals surface area contributed by atoms with Gasteiger partial charge in [0.25, 0.3) is 0 Å². The molecule has 0 fully saturated rings. The summed E-state index contributed by atoms with van der Waals surface area (Å²) >= 11 is 5.36. The fraction of sp³-hybridized carbons (Fsp3) is 0.125. The van der Waals surface area contributed by atoms with Gasteiger partial charge in [-0.3, -0.25) is 0 Å². The molecule has 0 aliphatic carbocycles. The molecule has 3 rings (SSSR count). The number of hydrogen-bond acceptors (Lipinski definition) is 2. The zero-order chi connectivity index (χ0) is 18.2. The van der Waals surface area contributed by atoms with Gasteiger partial charge in [0.2, 0.25) is 0 Å². The van der Waals surface area contributed by atoms with Crippen LogP contribution >= 0.6 is 12.2 Å². The quantitative estimate of drug-likeness (QED) is 0.306. The van der Waals surface area contributed by atoms with Crippen LogP contribution in [0.25, 0.3) is 0 Å². The van der Waals surface area contributed by atoms with Crippen molar-refractivity contribution < 1.29 is 4.74 Å². The van der Waals surface area contributed by atoms with Gasteiger partial charge in [-0.25, -0.2) is 0 Å². The number of rotatable bonds is 6. The molecule has 1 nitrogen and oxygen atoms in total. The molecule has 3 aromatic rings. The number of allylic oxidation sites excluding steroid dienone is 1. The lowest BCUT2D eigenvalue weighted by Gasteiger charge is -2.33. The molecule has 3 aromatic carbocycles. The minimum absolute atomic E-state index is 0.440. The Morgan fingerprint density at radius 2 is 1.15 bits per heavy atom. The molecule has 0 heterocycles. The molecule has 0 radical (unpaired) electrons. The SMILES string of the molecule is CCOC(=S)C=CC(c1ccccc1)(c1ccccc1)c1ccccc1. The summed E-state index contributed by atoms with van der Waals surface area (Å²) in [6, 6.07) is 31.5. The van der Waals surface area contributed by atoms with Gasteiger partial charge in [-0.15, -0.1) is 0 Å². The van der Waals surface area contributed by atoms with Gasteiger partial charge in [-0.05, 0) is 41.9 Å². The second-order valence-electron chi connectivity index (χ2n) is 5.99. The molecule has 130 valence electrons. The molecule has 0 amide bonds. The van der Waals surface area contributed by atoms with Gasteiger partial charge in [0.1, 0.15) is 0 Å². The van der Waals surface area contributed by atoms with Crippen molar-refractivity contribution in [1.82, 2.24) is 0 Å². The minimum Gasteiger partial charge on any atom is -0.484 e. The molecule has 0 atom stereocenters. The maximum atomic E-state index is 5.49. The Bertz CT molecular complexity index is 758. The van der Waals surface area contributed by atoms with Crippen LogP contribution in [0.1, 0.15) is 23.6 Å². The first kappa shape index (κ1) is 18.1. The third-order valence-corrected chi connectivity index (χ3v) is 4.70. The van der Waals surface area contributed by atoms with Crippen LogP contribution in [0.2, 0.25) is 0 Å². The van der Waals surface area contributed by atoms with E-state index in [-0.39, 0.29) is 0 Å². The normalized spacial score (nSPS) is 11.4. The second kappa shape index (κ2) is 8.59. The average Bonchev–Trinajstić information content (AvgIpc) is 2.71. The fourth-order valence-corrected chi connectivity index (χ4v) is 3.46. The van der Waals surface area contributed by atoms with Gasteiger partial charge < -0.3 is 4.74 Å². The molecule has 0 aliphatic heterocycles. The van der Waals surface area contributed by atoms with E-state index < -0.39 is 5.41 Å². The number of thiocarbonyl (C=S) groups is 1. The van der Waals surface area contributed by atoms with E-state index in [1.807, 2.05) is 31.2 Å². The highest BCUT2D eigenvalue weighted by molar-refractivity contribution is 7.80. The summed E-state index contributed by atoms with van der Waals surface area (Å²) in [5.74, 6) is 0. The van der Waals surface area contributed by atoms with Gasteiger partial charge >= 0.3 is 0 Å². The number of hydrogen-bond donors (Lipinski definition) is 0. The van der Waals surface area contributed by atoms with Crippen LogP contribution in [0.4, 0.5) is 0 Å². The first-order chi connectivity index (χ1) is 12.8. The lowest BCUT2D eigenvalue weighted by molar-refractivity contribution is 0.339. The van der Waals surface area contributed by atoms with Crippen LogP contribution in [-0.4, -0.2) is 11.7 Å². The van der Waals surface area contributed by atoms with Gasteiger partial charge in [-0.2, -0.15) is 0 Å². The smallest absolute Gasteiger partial charge is 0.183 e. The zero-order valence-electron chi connectivity index (χ0n) is 14.8. The van der Waals surface area contributed by atoms with Crippen LogP contribution < -0.4 is 0 Å². The van der Waals surface area contributed by atoms with E-state index in [9.17, 15) is 0 Å².